The SMILES string of the molecule is Cc1cc(NS(=O)(=O)c2c[nH]c3ccc(N)cc23)ccn1. The number of fused-ring (bicyclic) bond motifs is 1. The number of sulfonamides is 1. The highest BCUT2D eigenvalue weighted by molar-refractivity contribution is 7.93. The molecule has 0 atom stereocenters. The summed E-state index contributed by atoms with van der Waals surface area (Å²) in [5.41, 5.74) is 8.17. The quantitative estimate of drug-likeness (QED) is 0.646. The van der Waals surface area contributed by atoms with Crippen LogP contribution in [-0.2, 0) is 10.0 Å². The van der Waals surface area contributed by atoms with Crippen molar-refractivity contribution in [3.8, 4) is 0 Å². The molecule has 0 unspecified atom stereocenters. The van der Waals surface area contributed by atoms with Crippen LogP contribution in [0.4, 0.5) is 11.4 Å². The molecule has 0 saturated carbocycles. The highest BCUT2D eigenvalue weighted by Crippen LogP contribution is 2.26. The van der Waals surface area contributed by atoms with E-state index in [0.29, 0.717) is 16.8 Å². The predicted octanol–water partition coefficient (Wildman–Crippen LogP) is 2.25. The molecule has 7 heteroatoms. The number of pyridine rings is 1. The molecule has 0 aliphatic carbocycles. The van der Waals surface area contributed by atoms with Crippen LogP contribution in [0.25, 0.3) is 10.9 Å². The number of hydrogen-bond acceptors (Lipinski definition) is 4. The summed E-state index contributed by atoms with van der Waals surface area (Å²) in [7, 11) is -3.69. The van der Waals surface area contributed by atoms with Crippen molar-refractivity contribution in [2.24, 2.45) is 0 Å². The third-order valence-electron chi connectivity index (χ3n) is 3.11. The molecule has 2 heterocycles. The van der Waals surface area contributed by atoms with Crippen LogP contribution in [0, 0.1) is 6.92 Å². The second-order valence-corrected chi connectivity index (χ2v) is 6.40. The molecular formula is C14H14N4O2S. The van der Waals surface area contributed by atoms with Crippen LogP contribution in [-0.4, -0.2) is 18.4 Å². The zero-order chi connectivity index (χ0) is 15.0. The van der Waals surface area contributed by atoms with Gasteiger partial charge >= 0.3 is 0 Å². The minimum absolute atomic E-state index is 0.166. The number of aromatic amines is 1. The van der Waals surface area contributed by atoms with Gasteiger partial charge in [-0.2, -0.15) is 0 Å². The molecule has 0 radical (unpaired) electrons. The summed E-state index contributed by atoms with van der Waals surface area (Å²) in [6.45, 7) is 1.80. The summed E-state index contributed by atoms with van der Waals surface area (Å²) >= 11 is 0. The van der Waals surface area contributed by atoms with Gasteiger partial charge in [0.05, 0.1) is 5.69 Å². The first-order chi connectivity index (χ1) is 9.95. The van der Waals surface area contributed by atoms with Crippen molar-refractivity contribution in [3.05, 3.63) is 48.4 Å². The number of nitrogens with two attached hydrogens (primary N) is 1. The van der Waals surface area contributed by atoms with E-state index in [-0.39, 0.29) is 4.90 Å². The highest BCUT2D eigenvalue weighted by atomic mass is 32.2. The summed E-state index contributed by atoms with van der Waals surface area (Å²) in [5.74, 6) is 0. The molecule has 3 rings (SSSR count). The van der Waals surface area contributed by atoms with Gasteiger partial charge in [-0.15, -0.1) is 0 Å². The Kier molecular flexibility index (Phi) is 3.06. The van der Waals surface area contributed by atoms with Gasteiger partial charge in [-0.25, -0.2) is 8.42 Å². The maximum atomic E-state index is 12.5. The second-order valence-electron chi connectivity index (χ2n) is 4.75. The van der Waals surface area contributed by atoms with E-state index in [2.05, 4.69) is 14.7 Å². The van der Waals surface area contributed by atoms with Crippen LogP contribution in [0.15, 0.2) is 47.6 Å². The lowest BCUT2D eigenvalue weighted by molar-refractivity contribution is 0.602. The first-order valence-corrected chi connectivity index (χ1v) is 7.76. The van der Waals surface area contributed by atoms with Crippen LogP contribution >= 0.6 is 0 Å². The van der Waals surface area contributed by atoms with Crippen molar-refractivity contribution in [1.82, 2.24) is 9.97 Å². The fourth-order valence-electron chi connectivity index (χ4n) is 2.15. The molecule has 6 nitrogen and oxygen atoms in total. The average Bonchev–Trinajstić information content (AvgIpc) is 2.81. The highest BCUT2D eigenvalue weighted by Gasteiger charge is 2.19. The van der Waals surface area contributed by atoms with Crippen LogP contribution in [0.1, 0.15) is 5.69 Å². The monoisotopic (exact) mass is 302 g/mol. The van der Waals surface area contributed by atoms with E-state index in [0.717, 1.165) is 11.2 Å². The molecule has 0 amide bonds. The third-order valence-corrected chi connectivity index (χ3v) is 4.53. The minimum Gasteiger partial charge on any atom is -0.399 e. The van der Waals surface area contributed by atoms with E-state index in [1.54, 1.807) is 43.5 Å². The Morgan fingerprint density at radius 1 is 1.24 bits per heavy atom. The summed E-state index contributed by atoms with van der Waals surface area (Å²) < 4.78 is 27.6. The summed E-state index contributed by atoms with van der Waals surface area (Å²) in [6.07, 6.45) is 3.01. The van der Waals surface area contributed by atoms with Crippen molar-refractivity contribution in [3.63, 3.8) is 0 Å². The molecule has 108 valence electrons. The lowest BCUT2D eigenvalue weighted by Crippen LogP contribution is -2.12. The van der Waals surface area contributed by atoms with Crippen LogP contribution in [0.2, 0.25) is 0 Å². The van der Waals surface area contributed by atoms with E-state index in [1.165, 1.54) is 6.20 Å². The predicted molar refractivity (Wildman–Crippen MR) is 82.5 cm³/mol. The number of nitrogen functional groups attached to an aromatic ring is 1. The Labute approximate surface area is 122 Å². The van der Waals surface area contributed by atoms with Crippen molar-refractivity contribution in [1.29, 1.82) is 0 Å². The van der Waals surface area contributed by atoms with E-state index in [1.807, 2.05) is 0 Å². The standard InChI is InChI=1S/C14H14N4O2S/c1-9-6-11(4-5-16-9)18-21(19,20)14-8-17-13-3-2-10(15)7-12(13)14/h2-8,17H,15H2,1H3,(H,16,18). The van der Waals surface area contributed by atoms with Crippen molar-refractivity contribution >= 4 is 32.3 Å². The fraction of sp³-hybridized carbons (Fsp3) is 0.0714. The maximum absolute atomic E-state index is 12.5. The number of H-pyrrole nitrogens is 1. The zero-order valence-corrected chi connectivity index (χ0v) is 12.1. The third kappa shape index (κ3) is 2.55. The van der Waals surface area contributed by atoms with Gasteiger partial charge in [0.2, 0.25) is 0 Å². The number of aryl methyl sites for hydroxylation is 1. The van der Waals surface area contributed by atoms with Crippen molar-refractivity contribution in [2.45, 2.75) is 11.8 Å². The van der Waals surface area contributed by atoms with E-state index in [4.69, 9.17) is 5.73 Å². The molecule has 21 heavy (non-hydrogen) atoms. The lowest BCUT2D eigenvalue weighted by Gasteiger charge is -2.07. The van der Waals surface area contributed by atoms with E-state index in [9.17, 15) is 8.42 Å². The van der Waals surface area contributed by atoms with E-state index >= 15 is 0 Å². The molecule has 0 bridgehead atoms. The molecule has 4 N–H and O–H groups in total. The van der Waals surface area contributed by atoms with Crippen LogP contribution in [0.3, 0.4) is 0 Å². The van der Waals surface area contributed by atoms with Crippen LogP contribution < -0.4 is 10.5 Å². The lowest BCUT2D eigenvalue weighted by atomic mass is 10.2. The van der Waals surface area contributed by atoms with Crippen molar-refractivity contribution < 1.29 is 8.42 Å². The summed E-state index contributed by atoms with van der Waals surface area (Å²) in [6, 6.07) is 8.38. The summed E-state index contributed by atoms with van der Waals surface area (Å²) in [4.78, 5) is 7.13. The van der Waals surface area contributed by atoms with Gasteiger partial charge in [0.15, 0.2) is 0 Å². The second kappa shape index (κ2) is 4.78. The molecule has 1 aromatic carbocycles. The first-order valence-electron chi connectivity index (χ1n) is 6.28. The number of rotatable bonds is 3. The van der Waals surface area contributed by atoms with Gasteiger partial charge in [-0.1, -0.05) is 0 Å². The number of nitrogens with one attached hydrogen (secondary N) is 2. The Morgan fingerprint density at radius 2 is 2.05 bits per heavy atom. The molecule has 0 fully saturated rings. The smallest absolute Gasteiger partial charge is 0.264 e. The first kappa shape index (κ1) is 13.4. The van der Waals surface area contributed by atoms with Gasteiger partial charge in [0.1, 0.15) is 4.90 Å². The van der Waals surface area contributed by atoms with Crippen LogP contribution in [0.5, 0.6) is 0 Å². The molecule has 0 saturated heterocycles. The van der Waals surface area contributed by atoms with Gasteiger partial charge in [-0.3, -0.25) is 9.71 Å². The number of nitrogens with zero attached hydrogens (tertiary/aromatic N) is 1. The Bertz CT molecular complexity index is 916. The number of aromatic nitrogens is 2. The molecular weight excluding hydrogens is 288 g/mol. The zero-order valence-electron chi connectivity index (χ0n) is 11.3. The molecule has 2 aromatic heterocycles. The normalized spacial score (nSPS) is 11.7. The topological polar surface area (TPSA) is 101 Å². The van der Waals surface area contributed by atoms with Gasteiger partial charge in [0.25, 0.3) is 10.0 Å². The Morgan fingerprint density at radius 3 is 2.81 bits per heavy atom. The average molecular weight is 302 g/mol. The number of anilines is 2. The molecule has 0 aliphatic rings. The van der Waals surface area contributed by atoms with Gasteiger partial charge < -0.3 is 10.7 Å². The van der Waals surface area contributed by atoms with Crippen molar-refractivity contribution in [2.75, 3.05) is 10.5 Å². The molecule has 3 aromatic rings. The van der Waals surface area contributed by atoms with Gasteiger partial charge in [-0.05, 0) is 37.3 Å². The largest absolute Gasteiger partial charge is 0.399 e. The van der Waals surface area contributed by atoms with E-state index < -0.39 is 10.0 Å². The minimum atomic E-state index is -3.69. The Balaban J connectivity index is 2.06. The number of benzene rings is 1. The number of hydrogen-bond donors (Lipinski definition) is 3. The molecule has 0 spiro atoms. The molecule has 0 aliphatic heterocycles. The summed E-state index contributed by atoms with van der Waals surface area (Å²) in [5, 5.41) is 0.563. The maximum Gasteiger partial charge on any atom is 0.264 e. The Hall–Kier alpha value is -2.54. The fourth-order valence-corrected chi connectivity index (χ4v) is 3.37. The van der Waals surface area contributed by atoms with Gasteiger partial charge in [0, 0.05) is 34.7 Å².